The van der Waals surface area contributed by atoms with Crippen molar-refractivity contribution < 1.29 is 12.8 Å². The van der Waals surface area contributed by atoms with Crippen LogP contribution in [0.25, 0.3) is 22.4 Å². The molecule has 0 radical (unpaired) electrons. The third-order valence-corrected chi connectivity index (χ3v) is 6.45. The fourth-order valence-electron chi connectivity index (χ4n) is 3.83. The fraction of sp³-hybridized carbons (Fsp3) is 0.350. The van der Waals surface area contributed by atoms with Gasteiger partial charge in [-0.1, -0.05) is 6.07 Å². The number of hydrogen-bond acceptors (Lipinski definition) is 4. The number of benzene rings is 2. The summed E-state index contributed by atoms with van der Waals surface area (Å²) in [7, 11) is -1.46. The average Bonchev–Trinajstić information content (AvgIpc) is 2.99. The highest BCUT2D eigenvalue weighted by Crippen LogP contribution is 2.33. The van der Waals surface area contributed by atoms with Gasteiger partial charge in [0.1, 0.15) is 11.3 Å². The zero-order valence-electron chi connectivity index (χ0n) is 15.8. The molecule has 3 aromatic rings. The van der Waals surface area contributed by atoms with Crippen LogP contribution >= 0.6 is 12.4 Å². The van der Waals surface area contributed by atoms with Gasteiger partial charge >= 0.3 is 0 Å². The monoisotopic (exact) mass is 423 g/mol. The summed E-state index contributed by atoms with van der Waals surface area (Å²) in [6, 6.07) is 10.3. The summed E-state index contributed by atoms with van der Waals surface area (Å²) < 4.78 is 40.4. The minimum absolute atomic E-state index is 0. The molecule has 1 aliphatic heterocycles. The summed E-state index contributed by atoms with van der Waals surface area (Å²) in [6.07, 6.45) is 3.04. The standard InChI is InChI=1S/C20H22FN3O2S.ClH/c1-24-19-17(8-7-16(18(19)21)13-9-11-22-12-10-13)23-20(24)14-3-5-15(6-4-14)27(2,25)26;/h3-8,13,22H,9-12H2,1-2H3;1H. The van der Waals surface area contributed by atoms with Crippen LogP contribution in [-0.4, -0.2) is 37.3 Å². The fourth-order valence-corrected chi connectivity index (χ4v) is 4.46. The zero-order valence-corrected chi connectivity index (χ0v) is 17.4. The number of fused-ring (bicyclic) bond motifs is 1. The highest BCUT2D eigenvalue weighted by Gasteiger charge is 2.23. The van der Waals surface area contributed by atoms with Gasteiger partial charge in [-0.25, -0.2) is 17.8 Å². The molecule has 0 amide bonds. The first-order chi connectivity index (χ1) is 12.9. The van der Waals surface area contributed by atoms with E-state index in [4.69, 9.17) is 0 Å². The number of hydrogen-bond donors (Lipinski definition) is 1. The topological polar surface area (TPSA) is 64.0 Å². The van der Waals surface area contributed by atoms with Gasteiger partial charge in [0, 0.05) is 18.9 Å². The molecule has 0 saturated carbocycles. The van der Waals surface area contributed by atoms with E-state index >= 15 is 4.39 Å². The lowest BCUT2D eigenvalue weighted by Gasteiger charge is -2.23. The molecule has 2 heterocycles. The maximum absolute atomic E-state index is 15.3. The van der Waals surface area contributed by atoms with Crippen LogP contribution in [0.15, 0.2) is 41.3 Å². The van der Waals surface area contributed by atoms with E-state index in [1.165, 1.54) is 6.26 Å². The van der Waals surface area contributed by atoms with Crippen LogP contribution in [0.2, 0.25) is 0 Å². The molecular formula is C20H23ClFN3O2S. The van der Waals surface area contributed by atoms with Gasteiger partial charge < -0.3 is 9.88 Å². The van der Waals surface area contributed by atoms with Crippen LogP contribution in [0.3, 0.4) is 0 Å². The van der Waals surface area contributed by atoms with Gasteiger partial charge in [0.2, 0.25) is 0 Å². The molecule has 0 spiro atoms. The molecule has 0 bridgehead atoms. The minimum Gasteiger partial charge on any atom is -0.325 e. The lowest BCUT2D eigenvalue weighted by atomic mass is 9.89. The van der Waals surface area contributed by atoms with Crippen LogP contribution in [0.4, 0.5) is 4.39 Å². The smallest absolute Gasteiger partial charge is 0.175 e. The normalized spacial score (nSPS) is 15.5. The van der Waals surface area contributed by atoms with E-state index in [-0.39, 0.29) is 29.0 Å². The molecule has 5 nitrogen and oxygen atoms in total. The van der Waals surface area contributed by atoms with E-state index in [0.29, 0.717) is 16.9 Å². The van der Waals surface area contributed by atoms with E-state index in [0.717, 1.165) is 37.1 Å². The molecule has 1 aliphatic rings. The molecule has 1 N–H and O–H groups in total. The van der Waals surface area contributed by atoms with Gasteiger partial charge in [0.25, 0.3) is 0 Å². The Hall–Kier alpha value is -1.96. The quantitative estimate of drug-likeness (QED) is 0.698. The van der Waals surface area contributed by atoms with Crippen molar-refractivity contribution in [2.45, 2.75) is 23.7 Å². The molecule has 0 unspecified atom stereocenters. The second-order valence-corrected chi connectivity index (χ2v) is 9.17. The Bertz CT molecular complexity index is 1100. The molecule has 28 heavy (non-hydrogen) atoms. The van der Waals surface area contributed by atoms with Crippen molar-refractivity contribution in [3.05, 3.63) is 47.8 Å². The number of piperidine rings is 1. The molecule has 4 rings (SSSR count). The number of rotatable bonds is 3. The predicted octanol–water partition coefficient (Wildman–Crippen LogP) is 3.67. The van der Waals surface area contributed by atoms with Gasteiger partial charge in [-0.05, 0) is 67.7 Å². The third kappa shape index (κ3) is 3.66. The van der Waals surface area contributed by atoms with Crippen molar-refractivity contribution in [2.24, 2.45) is 7.05 Å². The van der Waals surface area contributed by atoms with Gasteiger partial charge in [0.15, 0.2) is 15.7 Å². The molecule has 2 aromatic carbocycles. The van der Waals surface area contributed by atoms with Crippen LogP contribution < -0.4 is 5.32 Å². The van der Waals surface area contributed by atoms with Crippen LogP contribution in [-0.2, 0) is 16.9 Å². The first kappa shape index (κ1) is 20.8. The first-order valence-corrected chi connectivity index (χ1v) is 10.9. The van der Waals surface area contributed by atoms with E-state index in [9.17, 15) is 8.42 Å². The molecule has 8 heteroatoms. The Labute approximate surface area is 170 Å². The Kier molecular flexibility index (Phi) is 5.79. The number of nitrogens with one attached hydrogen (secondary N) is 1. The SMILES string of the molecule is Cl.Cn1c(-c2ccc(S(C)(=O)=O)cc2)nc2ccc(C3CCNCC3)c(F)c21. The number of imidazole rings is 1. The van der Waals surface area contributed by atoms with Crippen LogP contribution in [0.5, 0.6) is 0 Å². The van der Waals surface area contributed by atoms with Crippen molar-refractivity contribution in [3.8, 4) is 11.4 Å². The van der Waals surface area contributed by atoms with Gasteiger partial charge in [-0.2, -0.15) is 0 Å². The van der Waals surface area contributed by atoms with Gasteiger partial charge in [-0.3, -0.25) is 0 Å². The second-order valence-electron chi connectivity index (χ2n) is 7.15. The van der Waals surface area contributed by atoms with E-state index in [2.05, 4.69) is 10.3 Å². The first-order valence-electron chi connectivity index (χ1n) is 9.02. The minimum atomic E-state index is -3.25. The maximum Gasteiger partial charge on any atom is 0.175 e. The summed E-state index contributed by atoms with van der Waals surface area (Å²) in [4.78, 5) is 4.84. The Morgan fingerprint density at radius 1 is 1.11 bits per heavy atom. The van der Waals surface area contributed by atoms with Crippen molar-refractivity contribution in [2.75, 3.05) is 19.3 Å². The lowest BCUT2D eigenvalue weighted by molar-refractivity contribution is 0.446. The number of aryl methyl sites for hydroxylation is 1. The molecule has 150 valence electrons. The van der Waals surface area contributed by atoms with E-state index in [1.54, 1.807) is 35.9 Å². The molecular weight excluding hydrogens is 401 g/mol. The predicted molar refractivity (Wildman–Crippen MR) is 111 cm³/mol. The summed E-state index contributed by atoms with van der Waals surface area (Å²) in [5.41, 5.74) is 2.61. The summed E-state index contributed by atoms with van der Waals surface area (Å²) in [5.74, 6) is 0.642. The van der Waals surface area contributed by atoms with E-state index in [1.807, 2.05) is 12.1 Å². The molecule has 0 atom stereocenters. The molecule has 0 aliphatic carbocycles. The van der Waals surface area contributed by atoms with Crippen LogP contribution in [0, 0.1) is 5.82 Å². The molecule has 1 aromatic heterocycles. The number of halogens is 2. The molecule has 1 saturated heterocycles. The van der Waals surface area contributed by atoms with Crippen molar-refractivity contribution in [3.63, 3.8) is 0 Å². The largest absolute Gasteiger partial charge is 0.325 e. The number of nitrogens with zero attached hydrogens (tertiary/aromatic N) is 2. The van der Waals surface area contributed by atoms with Crippen LogP contribution in [0.1, 0.15) is 24.3 Å². The maximum atomic E-state index is 15.3. The Balaban J connectivity index is 0.00000225. The molecule has 1 fully saturated rings. The summed E-state index contributed by atoms with van der Waals surface area (Å²) in [5, 5.41) is 3.31. The lowest BCUT2D eigenvalue weighted by Crippen LogP contribution is -2.27. The third-order valence-electron chi connectivity index (χ3n) is 5.32. The number of sulfone groups is 1. The second kappa shape index (κ2) is 7.81. The Morgan fingerprint density at radius 3 is 2.36 bits per heavy atom. The number of aromatic nitrogens is 2. The van der Waals surface area contributed by atoms with Crippen molar-refractivity contribution in [1.29, 1.82) is 0 Å². The van der Waals surface area contributed by atoms with Crippen molar-refractivity contribution >= 4 is 33.3 Å². The Morgan fingerprint density at radius 2 is 1.75 bits per heavy atom. The van der Waals surface area contributed by atoms with Gasteiger partial charge in [-0.15, -0.1) is 12.4 Å². The van der Waals surface area contributed by atoms with E-state index < -0.39 is 9.84 Å². The highest BCUT2D eigenvalue weighted by atomic mass is 35.5. The summed E-state index contributed by atoms with van der Waals surface area (Å²) >= 11 is 0. The summed E-state index contributed by atoms with van der Waals surface area (Å²) in [6.45, 7) is 1.82. The average molecular weight is 424 g/mol. The van der Waals surface area contributed by atoms with Crippen molar-refractivity contribution in [1.82, 2.24) is 14.9 Å². The zero-order chi connectivity index (χ0) is 19.2. The van der Waals surface area contributed by atoms with Gasteiger partial charge in [0.05, 0.1) is 10.4 Å². The highest BCUT2D eigenvalue weighted by molar-refractivity contribution is 7.90.